The lowest BCUT2D eigenvalue weighted by Gasteiger charge is -2.25. The molecule has 0 bridgehead atoms. The SMILES string of the molecule is COC(=O)C=c1sc2n(c1=O)C(N)=C(C#N)C(c1ccc(F)cc1)C=2C(=O)NCc1ccccc1. The molecule has 2 aromatic carbocycles. The Morgan fingerprint density at radius 3 is 2.54 bits per heavy atom. The predicted octanol–water partition coefficient (Wildman–Crippen LogP) is 0.918. The first kappa shape index (κ1) is 23.7. The monoisotopic (exact) mass is 490 g/mol. The first-order chi connectivity index (χ1) is 16.8. The summed E-state index contributed by atoms with van der Waals surface area (Å²) in [5.74, 6) is -2.90. The highest BCUT2D eigenvalue weighted by atomic mass is 32.1. The number of hydrogen-bond acceptors (Lipinski definition) is 7. The van der Waals surface area contributed by atoms with E-state index in [4.69, 9.17) is 5.73 Å². The molecule has 3 N–H and O–H groups in total. The Bertz CT molecular complexity index is 1560. The molecule has 0 aliphatic carbocycles. The van der Waals surface area contributed by atoms with Crippen LogP contribution in [0.15, 0.2) is 65.0 Å². The molecule has 10 heteroatoms. The van der Waals surface area contributed by atoms with Crippen molar-refractivity contribution in [3.8, 4) is 6.07 Å². The number of methoxy groups -OCH3 is 1. The highest BCUT2D eigenvalue weighted by Gasteiger charge is 2.35. The van der Waals surface area contributed by atoms with Crippen molar-refractivity contribution in [2.24, 2.45) is 5.73 Å². The van der Waals surface area contributed by atoms with Crippen molar-refractivity contribution >= 4 is 40.7 Å². The Balaban J connectivity index is 1.98. The van der Waals surface area contributed by atoms with Crippen LogP contribution < -0.4 is 25.8 Å². The maximum Gasteiger partial charge on any atom is 0.332 e. The largest absolute Gasteiger partial charge is 0.466 e. The number of hydrogen-bond donors (Lipinski definition) is 2. The van der Waals surface area contributed by atoms with E-state index in [0.717, 1.165) is 27.5 Å². The number of nitrogens with zero attached hydrogens (tertiary/aromatic N) is 2. The lowest BCUT2D eigenvalue weighted by atomic mass is 9.83. The van der Waals surface area contributed by atoms with Gasteiger partial charge in [-0.1, -0.05) is 42.5 Å². The summed E-state index contributed by atoms with van der Waals surface area (Å²) in [4.78, 5) is 38.4. The molecule has 176 valence electrons. The quantitative estimate of drug-likeness (QED) is 0.512. The topological polar surface area (TPSA) is 127 Å². The predicted molar refractivity (Wildman–Crippen MR) is 128 cm³/mol. The first-order valence-electron chi connectivity index (χ1n) is 10.4. The highest BCUT2D eigenvalue weighted by molar-refractivity contribution is 7.07. The molecule has 2 heterocycles. The van der Waals surface area contributed by atoms with E-state index in [9.17, 15) is 24.0 Å². The van der Waals surface area contributed by atoms with Crippen LogP contribution in [0.25, 0.3) is 17.5 Å². The van der Waals surface area contributed by atoms with Crippen LogP contribution in [0.3, 0.4) is 0 Å². The zero-order valence-electron chi connectivity index (χ0n) is 18.4. The number of ether oxygens (including phenoxy) is 1. The molecule has 1 aliphatic rings. The van der Waals surface area contributed by atoms with Crippen LogP contribution in [0.4, 0.5) is 4.39 Å². The molecule has 1 aromatic heterocycles. The minimum absolute atomic E-state index is 0.0137. The Labute approximate surface area is 202 Å². The Morgan fingerprint density at radius 1 is 1.23 bits per heavy atom. The summed E-state index contributed by atoms with van der Waals surface area (Å²) < 4.78 is 19.5. The third-order valence-electron chi connectivity index (χ3n) is 5.46. The number of allylic oxidation sites excluding steroid dienone is 1. The van der Waals surface area contributed by atoms with E-state index < -0.39 is 29.2 Å². The molecule has 3 aromatic rings. The second-order valence-electron chi connectivity index (χ2n) is 7.56. The number of nitrogens with one attached hydrogen (secondary N) is 1. The number of amides is 1. The van der Waals surface area contributed by atoms with Crippen LogP contribution in [0.5, 0.6) is 0 Å². The summed E-state index contributed by atoms with van der Waals surface area (Å²) in [6.07, 6.45) is 1.00. The van der Waals surface area contributed by atoms with Gasteiger partial charge in [-0.3, -0.25) is 14.2 Å². The summed E-state index contributed by atoms with van der Waals surface area (Å²) >= 11 is 0.880. The lowest BCUT2D eigenvalue weighted by Crippen LogP contribution is -2.42. The van der Waals surface area contributed by atoms with Crippen molar-refractivity contribution in [1.82, 2.24) is 9.88 Å². The molecule has 1 atom stereocenters. The van der Waals surface area contributed by atoms with E-state index in [-0.39, 0.29) is 32.7 Å². The van der Waals surface area contributed by atoms with Crippen LogP contribution in [-0.4, -0.2) is 23.6 Å². The van der Waals surface area contributed by atoms with Crippen LogP contribution >= 0.6 is 11.3 Å². The van der Waals surface area contributed by atoms with Gasteiger partial charge in [0.15, 0.2) is 0 Å². The van der Waals surface area contributed by atoms with Gasteiger partial charge in [-0.2, -0.15) is 5.26 Å². The molecule has 0 spiro atoms. The van der Waals surface area contributed by atoms with Gasteiger partial charge in [0.05, 0.1) is 30.2 Å². The Kier molecular flexibility index (Phi) is 6.62. The maximum atomic E-state index is 13.6. The van der Waals surface area contributed by atoms with Crippen LogP contribution in [0.2, 0.25) is 0 Å². The minimum atomic E-state index is -0.958. The maximum absolute atomic E-state index is 13.6. The van der Waals surface area contributed by atoms with Gasteiger partial charge >= 0.3 is 5.97 Å². The van der Waals surface area contributed by atoms with Crippen molar-refractivity contribution in [3.05, 3.63) is 96.7 Å². The van der Waals surface area contributed by atoms with Gasteiger partial charge in [-0.15, -0.1) is 11.3 Å². The fourth-order valence-corrected chi connectivity index (χ4v) is 4.93. The molecular formula is C25H19FN4O4S. The van der Waals surface area contributed by atoms with Gasteiger partial charge < -0.3 is 15.8 Å². The average Bonchev–Trinajstić information content (AvgIpc) is 3.19. The number of nitrogens with two attached hydrogens (primary N) is 1. The number of thiazole rings is 1. The summed E-state index contributed by atoms with van der Waals surface area (Å²) in [6, 6.07) is 16.5. The molecule has 0 radical (unpaired) electrons. The molecule has 1 aliphatic heterocycles. The molecule has 35 heavy (non-hydrogen) atoms. The van der Waals surface area contributed by atoms with E-state index in [1.165, 1.54) is 31.4 Å². The summed E-state index contributed by atoms with van der Waals surface area (Å²) in [7, 11) is 1.17. The van der Waals surface area contributed by atoms with Crippen molar-refractivity contribution in [2.45, 2.75) is 12.5 Å². The number of benzene rings is 2. The number of fused-ring (bicyclic) bond motifs is 1. The zero-order chi connectivity index (χ0) is 25.1. The third kappa shape index (κ3) is 4.49. The van der Waals surface area contributed by atoms with Gasteiger partial charge in [0.2, 0.25) is 0 Å². The smallest absolute Gasteiger partial charge is 0.332 e. The van der Waals surface area contributed by atoms with E-state index in [1.807, 2.05) is 36.4 Å². The average molecular weight is 491 g/mol. The molecule has 1 amide bonds. The summed E-state index contributed by atoms with van der Waals surface area (Å²) in [5.41, 5.74) is 6.91. The first-order valence-corrected chi connectivity index (χ1v) is 11.2. The Morgan fingerprint density at radius 2 is 1.91 bits per heavy atom. The number of aromatic nitrogens is 1. The van der Waals surface area contributed by atoms with E-state index >= 15 is 0 Å². The van der Waals surface area contributed by atoms with E-state index in [0.29, 0.717) is 5.56 Å². The minimum Gasteiger partial charge on any atom is -0.466 e. The second kappa shape index (κ2) is 9.79. The van der Waals surface area contributed by atoms with Crippen LogP contribution in [0, 0.1) is 17.1 Å². The van der Waals surface area contributed by atoms with Gasteiger partial charge in [0.25, 0.3) is 11.5 Å². The van der Waals surface area contributed by atoms with Crippen molar-refractivity contribution < 1.29 is 18.7 Å². The highest BCUT2D eigenvalue weighted by Crippen LogP contribution is 2.36. The van der Waals surface area contributed by atoms with Gasteiger partial charge in [0.1, 0.15) is 20.8 Å². The van der Waals surface area contributed by atoms with Crippen molar-refractivity contribution in [3.63, 3.8) is 0 Å². The second-order valence-corrected chi connectivity index (χ2v) is 8.59. The zero-order valence-corrected chi connectivity index (χ0v) is 19.3. The van der Waals surface area contributed by atoms with Gasteiger partial charge in [-0.25, -0.2) is 9.18 Å². The van der Waals surface area contributed by atoms with Gasteiger partial charge in [0, 0.05) is 12.6 Å². The summed E-state index contributed by atoms with van der Waals surface area (Å²) in [6.45, 7) is 0.192. The fraction of sp³-hybridized carbons (Fsp3) is 0.120. The normalized spacial score (nSPS) is 15.4. The molecule has 0 saturated heterocycles. The molecule has 0 saturated carbocycles. The van der Waals surface area contributed by atoms with Crippen molar-refractivity contribution in [1.29, 1.82) is 5.26 Å². The van der Waals surface area contributed by atoms with Crippen molar-refractivity contribution in [2.75, 3.05) is 7.11 Å². The number of halogens is 1. The van der Waals surface area contributed by atoms with E-state index in [2.05, 4.69) is 10.1 Å². The van der Waals surface area contributed by atoms with E-state index in [1.54, 1.807) is 0 Å². The molecule has 0 fully saturated rings. The molecule has 4 rings (SSSR count). The van der Waals surface area contributed by atoms with Crippen LogP contribution in [0.1, 0.15) is 17.0 Å². The third-order valence-corrected chi connectivity index (χ3v) is 6.57. The number of esters is 1. The number of carbonyl (C=O) groups is 2. The molecule has 1 unspecified atom stereocenters. The number of rotatable bonds is 5. The van der Waals surface area contributed by atoms with Crippen LogP contribution in [-0.2, 0) is 20.9 Å². The van der Waals surface area contributed by atoms with Gasteiger partial charge in [-0.05, 0) is 23.3 Å². The number of nitriles is 1. The lowest BCUT2D eigenvalue weighted by molar-refractivity contribution is -0.133. The fourth-order valence-electron chi connectivity index (χ4n) is 3.80. The Hall–Kier alpha value is -4.49. The number of carbonyl (C=O) groups excluding carboxylic acids is 2. The molecule has 8 nitrogen and oxygen atoms in total. The standard InChI is InChI=1S/C25H19FN4O4S/c1-34-19(31)11-18-24(33)30-22(28)17(12-27)20(15-7-9-16(26)10-8-15)21(25(30)35-18)23(32)29-13-14-5-3-2-4-6-14/h2-11,20H,13,28H2,1H3,(H,29,32). The molecular weight excluding hydrogens is 471 g/mol. The summed E-state index contributed by atoms with van der Waals surface area (Å²) in [5, 5.41) is 12.8.